The van der Waals surface area contributed by atoms with E-state index in [4.69, 9.17) is 0 Å². The van der Waals surface area contributed by atoms with Gasteiger partial charge in [0.05, 0.1) is 0 Å². The van der Waals surface area contributed by atoms with E-state index in [0.717, 1.165) is 23.7 Å². The summed E-state index contributed by atoms with van der Waals surface area (Å²) in [5.74, 6) is 4.25. The van der Waals surface area contributed by atoms with Crippen molar-refractivity contribution in [2.75, 3.05) is 0 Å². The summed E-state index contributed by atoms with van der Waals surface area (Å²) in [7, 11) is 0. The number of hydrogen-bond acceptors (Lipinski definition) is 0. The minimum absolute atomic E-state index is 1.03. The summed E-state index contributed by atoms with van der Waals surface area (Å²) in [4.78, 5) is 0. The lowest BCUT2D eigenvalue weighted by Gasteiger charge is -2.44. The van der Waals surface area contributed by atoms with Crippen LogP contribution in [-0.2, 0) is 0 Å². The Morgan fingerprint density at radius 1 is 0.750 bits per heavy atom. The normalized spacial score (nSPS) is 48.5. The summed E-state index contributed by atoms with van der Waals surface area (Å²) >= 11 is 0. The van der Waals surface area contributed by atoms with Crippen LogP contribution < -0.4 is 0 Å². The molecule has 12 heavy (non-hydrogen) atoms. The van der Waals surface area contributed by atoms with Gasteiger partial charge in [-0.1, -0.05) is 52.4 Å². The number of rotatable bonds is 0. The average molecular weight is 166 g/mol. The molecule has 2 atom stereocenters. The molecule has 0 aromatic rings. The van der Waals surface area contributed by atoms with E-state index in [1.54, 1.807) is 12.8 Å². The van der Waals surface area contributed by atoms with E-state index in [9.17, 15) is 0 Å². The second kappa shape index (κ2) is 3.40. The van der Waals surface area contributed by atoms with Crippen molar-refractivity contribution in [2.45, 2.75) is 52.4 Å². The lowest BCUT2D eigenvalue weighted by molar-refractivity contribution is 0.0652. The molecule has 0 aromatic heterocycles. The van der Waals surface area contributed by atoms with Crippen LogP contribution in [0.4, 0.5) is 0 Å². The summed E-state index contributed by atoms with van der Waals surface area (Å²) < 4.78 is 0. The van der Waals surface area contributed by atoms with E-state index in [0.29, 0.717) is 0 Å². The van der Waals surface area contributed by atoms with Crippen molar-refractivity contribution in [1.82, 2.24) is 0 Å². The Labute approximate surface area is 76.7 Å². The van der Waals surface area contributed by atoms with Crippen molar-refractivity contribution in [3.63, 3.8) is 0 Å². The Bertz CT molecular complexity index is 134. The van der Waals surface area contributed by atoms with Crippen molar-refractivity contribution in [3.05, 3.63) is 0 Å². The Balaban J connectivity index is 2.07. The first-order chi connectivity index (χ1) is 5.79. The van der Waals surface area contributed by atoms with E-state index < -0.39 is 0 Å². The first kappa shape index (κ1) is 8.59. The molecular formula is C12H22. The molecule has 2 aliphatic rings. The third-order valence-electron chi connectivity index (χ3n) is 4.33. The van der Waals surface area contributed by atoms with E-state index in [1.165, 1.54) is 25.7 Å². The molecule has 0 aliphatic heterocycles. The lowest BCUT2D eigenvalue weighted by atomic mass is 9.62. The Morgan fingerprint density at radius 2 is 1.25 bits per heavy atom. The smallest absolute Gasteiger partial charge is 0.0334 e. The monoisotopic (exact) mass is 166 g/mol. The third-order valence-corrected chi connectivity index (χ3v) is 4.33. The summed E-state index contributed by atoms with van der Waals surface area (Å²) in [6.45, 7) is 4.97. The highest BCUT2D eigenvalue weighted by Crippen LogP contribution is 2.46. The van der Waals surface area contributed by atoms with Gasteiger partial charge in [-0.3, -0.25) is 0 Å². The van der Waals surface area contributed by atoms with Gasteiger partial charge >= 0.3 is 0 Å². The molecule has 2 rings (SSSR count). The molecule has 0 aromatic carbocycles. The van der Waals surface area contributed by atoms with Gasteiger partial charge in [-0.15, -0.1) is 0 Å². The number of fused-ring (bicyclic) bond motifs is 1. The van der Waals surface area contributed by atoms with Crippen LogP contribution in [0.5, 0.6) is 0 Å². The highest BCUT2D eigenvalue weighted by Gasteiger charge is 2.36. The molecule has 0 radical (unpaired) electrons. The Morgan fingerprint density at radius 3 is 1.67 bits per heavy atom. The SMILES string of the molecule is CC1CCCC2CCCC(C)C12. The molecule has 0 spiro atoms. The third kappa shape index (κ3) is 1.41. The molecule has 70 valence electrons. The summed E-state index contributed by atoms with van der Waals surface area (Å²) in [5.41, 5.74) is 0. The maximum absolute atomic E-state index is 2.48. The Kier molecular flexibility index (Phi) is 2.43. The standard InChI is InChI=1S/C12H22/c1-9-5-3-7-11-8-4-6-10(2)12(9)11/h9-12H,3-8H2,1-2H3. The second-order valence-corrected chi connectivity index (χ2v) is 5.15. The zero-order valence-corrected chi connectivity index (χ0v) is 8.55. The van der Waals surface area contributed by atoms with Crippen LogP contribution in [0.1, 0.15) is 52.4 Å². The molecule has 0 bridgehead atoms. The van der Waals surface area contributed by atoms with Gasteiger partial charge in [0.2, 0.25) is 0 Å². The van der Waals surface area contributed by atoms with Gasteiger partial charge in [0.25, 0.3) is 0 Å². The first-order valence-electron chi connectivity index (χ1n) is 5.79. The minimum Gasteiger partial charge on any atom is -0.0622 e. The molecule has 0 N–H and O–H groups in total. The van der Waals surface area contributed by atoms with E-state index in [1.807, 2.05) is 0 Å². The van der Waals surface area contributed by atoms with Crippen LogP contribution in [0.25, 0.3) is 0 Å². The molecule has 2 saturated carbocycles. The summed E-state index contributed by atoms with van der Waals surface area (Å²) in [6, 6.07) is 0. The minimum atomic E-state index is 1.03. The largest absolute Gasteiger partial charge is 0.0622 e. The predicted molar refractivity (Wildman–Crippen MR) is 53.0 cm³/mol. The molecule has 0 amide bonds. The van der Waals surface area contributed by atoms with Gasteiger partial charge in [-0.25, -0.2) is 0 Å². The van der Waals surface area contributed by atoms with Crippen molar-refractivity contribution in [1.29, 1.82) is 0 Å². The van der Waals surface area contributed by atoms with Crippen LogP contribution in [0, 0.1) is 23.7 Å². The molecule has 0 heterocycles. The topological polar surface area (TPSA) is 0 Å². The fraction of sp³-hybridized carbons (Fsp3) is 1.00. The fourth-order valence-corrected chi connectivity index (χ4v) is 3.81. The van der Waals surface area contributed by atoms with E-state index >= 15 is 0 Å². The molecule has 2 fully saturated rings. The van der Waals surface area contributed by atoms with Crippen molar-refractivity contribution in [3.8, 4) is 0 Å². The summed E-state index contributed by atoms with van der Waals surface area (Å²) in [5, 5.41) is 0. The van der Waals surface area contributed by atoms with Crippen molar-refractivity contribution >= 4 is 0 Å². The molecule has 0 nitrogen and oxygen atoms in total. The lowest BCUT2D eigenvalue weighted by Crippen LogP contribution is -2.34. The molecule has 2 aliphatic carbocycles. The molecule has 0 saturated heterocycles. The molecular weight excluding hydrogens is 144 g/mol. The quantitative estimate of drug-likeness (QED) is 0.512. The maximum Gasteiger partial charge on any atom is -0.0334 e. The van der Waals surface area contributed by atoms with Gasteiger partial charge in [-0.2, -0.15) is 0 Å². The van der Waals surface area contributed by atoms with Crippen LogP contribution in [0.15, 0.2) is 0 Å². The van der Waals surface area contributed by atoms with E-state index in [2.05, 4.69) is 13.8 Å². The zero-order chi connectivity index (χ0) is 8.55. The maximum atomic E-state index is 2.48. The van der Waals surface area contributed by atoms with Crippen LogP contribution in [0.2, 0.25) is 0 Å². The van der Waals surface area contributed by atoms with Gasteiger partial charge in [0.15, 0.2) is 0 Å². The highest BCUT2D eigenvalue weighted by atomic mass is 14.4. The zero-order valence-electron chi connectivity index (χ0n) is 8.55. The van der Waals surface area contributed by atoms with Gasteiger partial charge in [-0.05, 0) is 23.7 Å². The van der Waals surface area contributed by atoms with Gasteiger partial charge < -0.3 is 0 Å². The second-order valence-electron chi connectivity index (χ2n) is 5.15. The van der Waals surface area contributed by atoms with Gasteiger partial charge in [0.1, 0.15) is 0 Å². The van der Waals surface area contributed by atoms with E-state index in [-0.39, 0.29) is 0 Å². The number of hydrogen-bond donors (Lipinski definition) is 0. The van der Waals surface area contributed by atoms with Gasteiger partial charge in [0, 0.05) is 0 Å². The predicted octanol–water partition coefficient (Wildman–Crippen LogP) is 3.86. The Hall–Kier alpha value is 0. The van der Waals surface area contributed by atoms with Crippen LogP contribution in [0.3, 0.4) is 0 Å². The highest BCUT2D eigenvalue weighted by molar-refractivity contribution is 4.86. The van der Waals surface area contributed by atoms with Crippen LogP contribution in [-0.4, -0.2) is 0 Å². The van der Waals surface area contributed by atoms with Crippen LogP contribution >= 0.6 is 0 Å². The van der Waals surface area contributed by atoms with Crippen molar-refractivity contribution < 1.29 is 0 Å². The molecule has 2 unspecified atom stereocenters. The fourth-order valence-electron chi connectivity index (χ4n) is 3.81. The first-order valence-corrected chi connectivity index (χ1v) is 5.79. The van der Waals surface area contributed by atoms with Crippen molar-refractivity contribution in [2.24, 2.45) is 23.7 Å². The molecule has 0 heteroatoms. The average Bonchev–Trinajstić information content (AvgIpc) is 2.04. The summed E-state index contributed by atoms with van der Waals surface area (Å²) in [6.07, 6.45) is 9.11.